The van der Waals surface area contributed by atoms with Crippen molar-refractivity contribution in [2.45, 2.75) is 52.1 Å². The van der Waals surface area contributed by atoms with E-state index in [1.807, 2.05) is 48.9 Å². The van der Waals surface area contributed by atoms with Gasteiger partial charge in [-0.15, -0.1) is 0 Å². The Balaban J connectivity index is 1.52. The second kappa shape index (κ2) is 8.18. The standard InChI is InChI=1S/C21H22ClF2N5O/c1-12-18(13(2)28(26-12)10-14-6-4-3-5-7-14)25-16(30)11-29-20(15-8-9-15)17(22)19(27-29)21(23)24/h3-7,15,21H,8-11H2,1-2H3,(H,25,30). The molecular formula is C21H22ClF2N5O. The molecule has 1 aliphatic rings. The Labute approximate surface area is 177 Å². The van der Waals surface area contributed by atoms with Crippen LogP contribution in [0.4, 0.5) is 14.5 Å². The van der Waals surface area contributed by atoms with Gasteiger partial charge in [-0.3, -0.25) is 14.2 Å². The first kappa shape index (κ1) is 20.5. The van der Waals surface area contributed by atoms with Crippen LogP contribution in [0.15, 0.2) is 30.3 Å². The van der Waals surface area contributed by atoms with Gasteiger partial charge in [-0.1, -0.05) is 41.9 Å². The van der Waals surface area contributed by atoms with Crippen molar-refractivity contribution in [2.75, 3.05) is 5.32 Å². The lowest BCUT2D eigenvalue weighted by atomic mass is 10.2. The van der Waals surface area contributed by atoms with E-state index in [4.69, 9.17) is 11.6 Å². The number of carbonyl (C=O) groups is 1. The number of anilines is 1. The highest BCUT2D eigenvalue weighted by Gasteiger charge is 2.34. The Kier molecular flexibility index (Phi) is 5.60. The summed E-state index contributed by atoms with van der Waals surface area (Å²) in [6.07, 6.45) is -1.06. The quantitative estimate of drug-likeness (QED) is 0.579. The smallest absolute Gasteiger partial charge is 0.283 e. The zero-order valence-electron chi connectivity index (χ0n) is 16.7. The molecule has 1 aromatic carbocycles. The van der Waals surface area contributed by atoms with E-state index < -0.39 is 12.1 Å². The Morgan fingerprint density at radius 2 is 1.90 bits per heavy atom. The first-order valence-electron chi connectivity index (χ1n) is 9.77. The fourth-order valence-corrected chi connectivity index (χ4v) is 3.95. The number of carbonyl (C=O) groups excluding carboxylic acids is 1. The van der Waals surface area contributed by atoms with E-state index in [-0.39, 0.29) is 23.4 Å². The Hall–Kier alpha value is -2.74. The van der Waals surface area contributed by atoms with E-state index >= 15 is 0 Å². The molecule has 9 heteroatoms. The Morgan fingerprint density at radius 3 is 2.53 bits per heavy atom. The predicted octanol–water partition coefficient (Wildman–Crippen LogP) is 4.85. The summed E-state index contributed by atoms with van der Waals surface area (Å²) >= 11 is 6.13. The molecule has 0 bridgehead atoms. The highest BCUT2D eigenvalue weighted by Crippen LogP contribution is 2.45. The number of aromatic nitrogens is 4. The Morgan fingerprint density at radius 1 is 1.20 bits per heavy atom. The molecule has 1 fully saturated rings. The fraction of sp³-hybridized carbons (Fsp3) is 0.381. The van der Waals surface area contributed by atoms with Gasteiger partial charge in [0.15, 0.2) is 0 Å². The first-order valence-corrected chi connectivity index (χ1v) is 10.1. The highest BCUT2D eigenvalue weighted by molar-refractivity contribution is 6.32. The van der Waals surface area contributed by atoms with Gasteiger partial charge in [0.1, 0.15) is 12.2 Å². The third kappa shape index (κ3) is 4.09. The third-order valence-electron chi connectivity index (χ3n) is 5.24. The number of alkyl halides is 2. The van der Waals surface area contributed by atoms with Crippen LogP contribution < -0.4 is 5.32 Å². The van der Waals surface area contributed by atoms with E-state index in [1.165, 1.54) is 4.68 Å². The minimum Gasteiger partial charge on any atom is -0.321 e. The van der Waals surface area contributed by atoms with E-state index in [9.17, 15) is 13.6 Å². The molecule has 3 aromatic rings. The molecular weight excluding hydrogens is 412 g/mol. The number of benzene rings is 1. The maximum absolute atomic E-state index is 13.2. The highest BCUT2D eigenvalue weighted by atomic mass is 35.5. The van der Waals surface area contributed by atoms with E-state index in [2.05, 4.69) is 15.5 Å². The van der Waals surface area contributed by atoms with Gasteiger partial charge in [-0.2, -0.15) is 10.2 Å². The molecule has 2 heterocycles. The molecule has 1 amide bonds. The summed E-state index contributed by atoms with van der Waals surface area (Å²) in [5, 5.41) is 11.3. The third-order valence-corrected chi connectivity index (χ3v) is 5.63. The summed E-state index contributed by atoms with van der Waals surface area (Å²) in [5.41, 5.74) is 3.28. The van der Waals surface area contributed by atoms with Gasteiger partial charge in [0.25, 0.3) is 6.43 Å². The van der Waals surface area contributed by atoms with Gasteiger partial charge in [-0.25, -0.2) is 8.78 Å². The normalized spacial score (nSPS) is 13.8. The number of rotatable bonds is 7. The lowest BCUT2D eigenvalue weighted by Crippen LogP contribution is -2.21. The lowest BCUT2D eigenvalue weighted by molar-refractivity contribution is -0.117. The summed E-state index contributed by atoms with van der Waals surface area (Å²) in [7, 11) is 0. The Bertz CT molecular complexity index is 1070. The summed E-state index contributed by atoms with van der Waals surface area (Å²) in [6, 6.07) is 9.90. The van der Waals surface area contributed by atoms with Crippen LogP contribution in [0.1, 0.15) is 53.5 Å². The van der Waals surface area contributed by atoms with Crippen molar-refractivity contribution in [1.82, 2.24) is 19.6 Å². The molecule has 0 atom stereocenters. The number of nitrogens with one attached hydrogen (secondary N) is 1. The van der Waals surface area contributed by atoms with Crippen molar-refractivity contribution < 1.29 is 13.6 Å². The summed E-state index contributed by atoms with van der Waals surface area (Å²) in [5.74, 6) is -0.273. The van der Waals surface area contributed by atoms with E-state index in [0.717, 1.165) is 24.1 Å². The van der Waals surface area contributed by atoms with Crippen LogP contribution >= 0.6 is 11.6 Å². The lowest BCUT2D eigenvalue weighted by Gasteiger charge is -2.09. The molecule has 6 nitrogen and oxygen atoms in total. The van der Waals surface area contributed by atoms with E-state index in [1.54, 1.807) is 0 Å². The van der Waals surface area contributed by atoms with Crippen LogP contribution in [0.2, 0.25) is 5.02 Å². The average Bonchev–Trinajstić information content (AvgIpc) is 3.44. The van der Waals surface area contributed by atoms with Crippen LogP contribution in [0.25, 0.3) is 0 Å². The van der Waals surface area contributed by atoms with Crippen molar-refractivity contribution in [3.8, 4) is 0 Å². The van der Waals surface area contributed by atoms with Crippen molar-refractivity contribution >= 4 is 23.2 Å². The number of nitrogens with zero attached hydrogens (tertiary/aromatic N) is 4. The second-order valence-electron chi connectivity index (χ2n) is 7.55. The summed E-state index contributed by atoms with van der Waals surface area (Å²) in [4.78, 5) is 12.7. The second-order valence-corrected chi connectivity index (χ2v) is 7.93. The van der Waals surface area contributed by atoms with Crippen molar-refractivity contribution in [3.05, 3.63) is 63.7 Å². The zero-order valence-corrected chi connectivity index (χ0v) is 17.5. The van der Waals surface area contributed by atoms with Gasteiger partial charge in [-0.05, 0) is 32.3 Å². The molecule has 0 aliphatic heterocycles. The number of amides is 1. The first-order chi connectivity index (χ1) is 14.3. The van der Waals surface area contributed by atoms with Crippen molar-refractivity contribution in [2.24, 2.45) is 0 Å². The molecule has 0 radical (unpaired) electrons. The van der Waals surface area contributed by atoms with Crippen LogP contribution in [-0.2, 0) is 17.9 Å². The topological polar surface area (TPSA) is 64.7 Å². The minimum atomic E-state index is -2.78. The molecule has 1 N–H and O–H groups in total. The SMILES string of the molecule is Cc1nn(Cc2ccccc2)c(C)c1NC(=O)Cn1nc(C(F)F)c(Cl)c1C1CC1. The van der Waals surface area contributed by atoms with Gasteiger partial charge in [0.05, 0.1) is 34.3 Å². The van der Waals surface area contributed by atoms with Gasteiger partial charge in [0.2, 0.25) is 5.91 Å². The minimum absolute atomic E-state index is 0.0247. The molecule has 0 spiro atoms. The number of aryl methyl sites for hydroxylation is 1. The fourth-order valence-electron chi connectivity index (χ4n) is 3.58. The van der Waals surface area contributed by atoms with E-state index in [0.29, 0.717) is 23.6 Å². The van der Waals surface area contributed by atoms with Crippen LogP contribution in [-0.4, -0.2) is 25.5 Å². The van der Waals surface area contributed by atoms with Crippen molar-refractivity contribution in [3.63, 3.8) is 0 Å². The number of hydrogen-bond donors (Lipinski definition) is 1. The molecule has 0 saturated heterocycles. The summed E-state index contributed by atoms with van der Waals surface area (Å²) in [6.45, 7) is 4.11. The van der Waals surface area contributed by atoms with Crippen LogP contribution in [0.5, 0.6) is 0 Å². The molecule has 2 aromatic heterocycles. The monoisotopic (exact) mass is 433 g/mol. The molecule has 4 rings (SSSR count). The largest absolute Gasteiger partial charge is 0.321 e. The summed E-state index contributed by atoms with van der Waals surface area (Å²) < 4.78 is 29.6. The van der Waals surface area contributed by atoms with Crippen LogP contribution in [0.3, 0.4) is 0 Å². The number of halogens is 3. The molecule has 0 unspecified atom stereocenters. The maximum atomic E-state index is 13.2. The molecule has 1 saturated carbocycles. The van der Waals surface area contributed by atoms with Gasteiger partial charge in [0, 0.05) is 5.92 Å². The van der Waals surface area contributed by atoms with Crippen LogP contribution in [0, 0.1) is 13.8 Å². The maximum Gasteiger partial charge on any atom is 0.283 e. The molecule has 30 heavy (non-hydrogen) atoms. The predicted molar refractivity (Wildman–Crippen MR) is 110 cm³/mol. The average molecular weight is 434 g/mol. The number of hydrogen-bond acceptors (Lipinski definition) is 3. The van der Waals surface area contributed by atoms with Gasteiger partial charge >= 0.3 is 0 Å². The zero-order chi connectivity index (χ0) is 21.4. The molecule has 1 aliphatic carbocycles. The molecule has 158 valence electrons. The van der Waals surface area contributed by atoms with Crippen molar-refractivity contribution in [1.29, 1.82) is 0 Å². The van der Waals surface area contributed by atoms with Gasteiger partial charge < -0.3 is 5.32 Å².